The smallest absolute Gasteiger partial charge is 0.338 e. The number of nitrogens with one attached hydrogen (secondary N) is 1. The van der Waals surface area contributed by atoms with Gasteiger partial charge in [-0.2, -0.15) is 0 Å². The van der Waals surface area contributed by atoms with Gasteiger partial charge in [-0.25, -0.2) is 19.6 Å². The number of hydrogen-bond donors (Lipinski definition) is 2. The van der Waals surface area contributed by atoms with Crippen molar-refractivity contribution in [2.24, 2.45) is 0 Å². The number of ether oxygens (including phenoxy) is 1. The van der Waals surface area contributed by atoms with Crippen molar-refractivity contribution in [3.05, 3.63) is 61.6 Å². The molecule has 0 spiro atoms. The number of aromatic nitrogens is 4. The molecule has 0 bridgehead atoms. The molecule has 3 N–H and O–H groups in total. The average molecular weight is 411 g/mol. The van der Waals surface area contributed by atoms with E-state index in [2.05, 4.69) is 15.0 Å². The third-order valence-corrected chi connectivity index (χ3v) is 4.61. The topological polar surface area (TPSA) is 150 Å². The second-order valence-corrected chi connectivity index (χ2v) is 6.77. The molecule has 0 atom stereocenters. The molecule has 0 fully saturated rings. The number of esters is 1. The number of H-pyrrole nitrogens is 1. The maximum Gasteiger partial charge on any atom is 0.338 e. The predicted molar refractivity (Wildman–Crippen MR) is 110 cm³/mol. The quantitative estimate of drug-likeness (QED) is 0.453. The molecule has 3 aromatic rings. The van der Waals surface area contributed by atoms with Crippen LogP contribution in [-0.4, -0.2) is 37.9 Å². The van der Waals surface area contributed by atoms with Gasteiger partial charge >= 0.3 is 11.7 Å². The number of hydrogen-bond acceptors (Lipinski definition) is 8. The summed E-state index contributed by atoms with van der Waals surface area (Å²) in [5.41, 5.74) is 6.67. The van der Waals surface area contributed by atoms with Crippen molar-refractivity contribution in [1.29, 1.82) is 0 Å². The Morgan fingerprint density at radius 3 is 2.47 bits per heavy atom. The van der Waals surface area contributed by atoms with Crippen LogP contribution in [-0.2, 0) is 11.3 Å². The minimum atomic E-state index is -0.919. The Morgan fingerprint density at radius 2 is 1.80 bits per heavy atom. The molecule has 0 saturated carbocycles. The van der Waals surface area contributed by atoms with E-state index in [1.54, 1.807) is 6.07 Å². The van der Waals surface area contributed by atoms with Gasteiger partial charge < -0.3 is 10.5 Å². The molecule has 0 saturated heterocycles. The molecule has 0 radical (unpaired) electrons. The molecular formula is C20H21N5O5. The third kappa shape index (κ3) is 3.97. The van der Waals surface area contributed by atoms with Crippen LogP contribution in [0.4, 0.5) is 5.82 Å². The number of Topliss-reactive ketones (excluding diaryl/α,β-unsaturated/α-hetero) is 1. The van der Waals surface area contributed by atoms with Gasteiger partial charge in [0.15, 0.2) is 6.61 Å². The number of anilines is 1. The Labute approximate surface area is 170 Å². The molecule has 2 heterocycles. The number of nitrogens with two attached hydrogens (primary N) is 1. The van der Waals surface area contributed by atoms with Crippen molar-refractivity contribution in [3.63, 3.8) is 0 Å². The van der Waals surface area contributed by atoms with E-state index in [-0.39, 0.29) is 17.9 Å². The number of nitrogen functional groups attached to an aromatic ring is 1. The van der Waals surface area contributed by atoms with Crippen LogP contribution in [0.3, 0.4) is 0 Å². The first-order valence-corrected chi connectivity index (χ1v) is 9.30. The molecule has 156 valence electrons. The van der Waals surface area contributed by atoms with E-state index >= 15 is 0 Å². The number of aromatic amines is 1. The monoisotopic (exact) mass is 411 g/mol. The van der Waals surface area contributed by atoms with Crippen LogP contribution in [0.5, 0.6) is 0 Å². The number of ketones is 1. The van der Waals surface area contributed by atoms with E-state index in [4.69, 9.17) is 10.5 Å². The third-order valence-electron chi connectivity index (χ3n) is 4.61. The summed E-state index contributed by atoms with van der Waals surface area (Å²) in [4.78, 5) is 59.6. The zero-order valence-corrected chi connectivity index (χ0v) is 16.8. The van der Waals surface area contributed by atoms with E-state index in [9.17, 15) is 19.2 Å². The van der Waals surface area contributed by atoms with Crippen molar-refractivity contribution in [3.8, 4) is 0 Å². The van der Waals surface area contributed by atoms with E-state index in [0.717, 1.165) is 16.0 Å². The highest BCUT2D eigenvalue weighted by molar-refractivity contribution is 6.02. The first-order chi connectivity index (χ1) is 14.2. The van der Waals surface area contributed by atoms with E-state index < -0.39 is 35.2 Å². The predicted octanol–water partition coefficient (Wildman–Crippen LogP) is 1.13. The van der Waals surface area contributed by atoms with Crippen molar-refractivity contribution in [2.75, 3.05) is 12.3 Å². The molecule has 10 heteroatoms. The van der Waals surface area contributed by atoms with Crippen LogP contribution in [0, 0.1) is 13.8 Å². The summed E-state index contributed by atoms with van der Waals surface area (Å²) in [5.74, 6) is -1.82. The summed E-state index contributed by atoms with van der Waals surface area (Å²) >= 11 is 0. The zero-order chi connectivity index (χ0) is 22.0. The number of rotatable bonds is 6. The van der Waals surface area contributed by atoms with Gasteiger partial charge in [0.2, 0.25) is 5.78 Å². The van der Waals surface area contributed by atoms with Gasteiger partial charge in [0.1, 0.15) is 11.4 Å². The summed E-state index contributed by atoms with van der Waals surface area (Å²) in [6.45, 7) is 5.00. The maximum absolute atomic E-state index is 12.5. The minimum absolute atomic E-state index is 0.186. The Balaban J connectivity index is 1.81. The number of benzene rings is 1. The molecule has 1 aromatic carbocycles. The molecule has 3 rings (SSSR count). The van der Waals surface area contributed by atoms with Gasteiger partial charge in [0, 0.05) is 6.54 Å². The lowest BCUT2D eigenvalue weighted by molar-refractivity contribution is 0.0474. The van der Waals surface area contributed by atoms with Gasteiger partial charge in [-0.05, 0) is 38.5 Å². The second-order valence-electron chi connectivity index (χ2n) is 6.77. The van der Waals surface area contributed by atoms with E-state index in [0.29, 0.717) is 17.5 Å². The van der Waals surface area contributed by atoms with Crippen LogP contribution < -0.4 is 17.0 Å². The first-order valence-electron chi connectivity index (χ1n) is 9.30. The highest BCUT2D eigenvalue weighted by atomic mass is 16.5. The number of carbonyl (C=O) groups excluding carboxylic acids is 2. The lowest BCUT2D eigenvalue weighted by Gasteiger charge is -2.11. The highest BCUT2D eigenvalue weighted by Gasteiger charge is 2.21. The summed E-state index contributed by atoms with van der Waals surface area (Å²) in [6.07, 6.45) is 0.572. The fourth-order valence-corrected chi connectivity index (χ4v) is 2.95. The van der Waals surface area contributed by atoms with E-state index in [1.165, 1.54) is 12.1 Å². The molecule has 0 aliphatic heterocycles. The van der Waals surface area contributed by atoms with Crippen molar-refractivity contribution in [2.45, 2.75) is 33.7 Å². The largest absolute Gasteiger partial charge is 0.454 e. The summed E-state index contributed by atoms with van der Waals surface area (Å²) in [7, 11) is 0. The maximum atomic E-state index is 12.5. The molecule has 2 aromatic heterocycles. The molecule has 30 heavy (non-hydrogen) atoms. The van der Waals surface area contributed by atoms with Crippen LogP contribution in [0.15, 0.2) is 27.8 Å². The van der Waals surface area contributed by atoms with Gasteiger partial charge in [0.25, 0.3) is 5.56 Å². The molecule has 0 aliphatic rings. The molecule has 0 aliphatic carbocycles. The standard InChI is InChI=1S/C20H21N5O5/c1-4-7-25-17(21)16(18(27)24-20(25)29)15(26)9-30-19(28)12-5-6-13-14(8-12)23-11(3)10(2)22-13/h5-6,8H,4,7,9,21H2,1-3H3,(H,24,27,29). The van der Waals surface area contributed by atoms with Crippen LogP contribution >= 0.6 is 0 Å². The summed E-state index contributed by atoms with van der Waals surface area (Å²) < 4.78 is 6.15. The number of nitrogens with zero attached hydrogens (tertiary/aromatic N) is 3. The molecule has 0 unspecified atom stereocenters. The summed E-state index contributed by atoms with van der Waals surface area (Å²) in [6, 6.07) is 4.67. The first kappa shape index (κ1) is 20.9. The SMILES string of the molecule is CCCn1c(N)c(C(=O)COC(=O)c2ccc3nc(C)c(C)nc3c2)c(=O)[nH]c1=O. The fourth-order valence-electron chi connectivity index (χ4n) is 2.95. The van der Waals surface area contributed by atoms with Gasteiger partial charge in [-0.3, -0.25) is 19.1 Å². The number of fused-ring (bicyclic) bond motifs is 1. The van der Waals surface area contributed by atoms with Gasteiger partial charge in [-0.15, -0.1) is 0 Å². The summed E-state index contributed by atoms with van der Waals surface area (Å²) in [5, 5.41) is 0. The number of carbonyl (C=O) groups is 2. The Kier molecular flexibility index (Phi) is 5.77. The molecular weight excluding hydrogens is 390 g/mol. The van der Waals surface area contributed by atoms with Crippen LogP contribution in [0.1, 0.15) is 45.4 Å². The van der Waals surface area contributed by atoms with Crippen molar-refractivity contribution in [1.82, 2.24) is 19.5 Å². The average Bonchev–Trinajstić information content (AvgIpc) is 2.69. The molecule has 0 amide bonds. The van der Waals surface area contributed by atoms with Crippen LogP contribution in [0.2, 0.25) is 0 Å². The Hall–Kier alpha value is -3.82. The number of aryl methyl sites for hydroxylation is 2. The normalized spacial score (nSPS) is 10.9. The molecule has 10 nitrogen and oxygen atoms in total. The second kappa shape index (κ2) is 8.27. The van der Waals surface area contributed by atoms with Crippen LogP contribution in [0.25, 0.3) is 11.0 Å². The highest BCUT2D eigenvalue weighted by Crippen LogP contribution is 2.15. The zero-order valence-electron chi connectivity index (χ0n) is 16.8. The lowest BCUT2D eigenvalue weighted by Crippen LogP contribution is -2.37. The van der Waals surface area contributed by atoms with Crippen molar-refractivity contribution < 1.29 is 14.3 Å². The van der Waals surface area contributed by atoms with E-state index in [1.807, 2.05) is 20.8 Å². The lowest BCUT2D eigenvalue weighted by atomic mass is 10.1. The minimum Gasteiger partial charge on any atom is -0.454 e. The fraction of sp³-hybridized carbons (Fsp3) is 0.300. The van der Waals surface area contributed by atoms with Crippen molar-refractivity contribution >= 4 is 28.6 Å². The Bertz CT molecular complexity index is 1280. The Morgan fingerprint density at radius 1 is 1.13 bits per heavy atom. The van der Waals surface area contributed by atoms with Gasteiger partial charge in [0.05, 0.1) is 28.0 Å². The van der Waals surface area contributed by atoms with Gasteiger partial charge in [-0.1, -0.05) is 6.92 Å².